The Morgan fingerprint density at radius 3 is 2.41 bits per heavy atom. The first-order chi connectivity index (χ1) is 13.2. The van der Waals surface area contributed by atoms with E-state index in [1.165, 1.54) is 31.0 Å². The van der Waals surface area contributed by atoms with Gasteiger partial charge in [-0.05, 0) is 24.8 Å². The molecule has 160 valence electrons. The minimum atomic E-state index is -3.16. The molecule has 0 N–H and O–H groups in total. The van der Waals surface area contributed by atoms with Crippen LogP contribution in [0.3, 0.4) is 0 Å². The highest BCUT2D eigenvalue weighted by molar-refractivity contribution is 7.91. The Hall–Kier alpha value is -2.49. The Balaban J connectivity index is 2.14. The summed E-state index contributed by atoms with van der Waals surface area (Å²) in [5.41, 5.74) is -0.238. The van der Waals surface area contributed by atoms with E-state index in [4.69, 9.17) is 4.74 Å². The van der Waals surface area contributed by atoms with Crippen LogP contribution in [0.5, 0.6) is 0 Å². The molecule has 1 saturated heterocycles. The molecule has 2 atom stereocenters. The Morgan fingerprint density at radius 1 is 1.31 bits per heavy atom. The molecule has 1 aromatic carbocycles. The van der Waals surface area contributed by atoms with E-state index in [0.717, 1.165) is 6.07 Å². The smallest absolute Gasteiger partial charge is 0.339 e. The molecule has 0 aromatic heterocycles. The number of carbonyl (C=O) groups excluding carboxylic acids is 2. The Kier molecular flexibility index (Phi) is 6.36. The maximum atomic E-state index is 12.5. The molecule has 2 unspecified atom stereocenters. The van der Waals surface area contributed by atoms with Crippen LogP contribution in [0, 0.1) is 10.1 Å². The van der Waals surface area contributed by atoms with Crippen LogP contribution < -0.4 is 0 Å². The average Bonchev–Trinajstić information content (AvgIpc) is 2.98. The summed E-state index contributed by atoms with van der Waals surface area (Å²) in [4.78, 5) is 37.1. The lowest BCUT2D eigenvalue weighted by molar-refractivity contribution is -0.386. The lowest BCUT2D eigenvalue weighted by Gasteiger charge is -2.26. The molecule has 1 aliphatic rings. The highest BCUT2D eigenvalue weighted by atomic mass is 32.2. The maximum absolute atomic E-state index is 12.5. The molecule has 1 aliphatic heterocycles. The molecular formula is C19H26N2O7S. The van der Waals surface area contributed by atoms with Gasteiger partial charge in [0.15, 0.2) is 15.9 Å². The van der Waals surface area contributed by atoms with Crippen LogP contribution in [0.25, 0.3) is 0 Å². The molecule has 1 amide bonds. The number of carbonyl (C=O) groups is 2. The predicted molar refractivity (Wildman–Crippen MR) is 107 cm³/mol. The summed E-state index contributed by atoms with van der Waals surface area (Å²) < 4.78 is 28.4. The van der Waals surface area contributed by atoms with Crippen molar-refractivity contribution in [2.45, 2.75) is 51.7 Å². The van der Waals surface area contributed by atoms with Crippen LogP contribution >= 0.6 is 0 Å². The molecule has 10 heteroatoms. The van der Waals surface area contributed by atoms with E-state index in [2.05, 4.69) is 0 Å². The summed E-state index contributed by atoms with van der Waals surface area (Å²) >= 11 is 0. The number of nitrogens with zero attached hydrogens (tertiary/aromatic N) is 2. The molecular weight excluding hydrogens is 400 g/mol. The molecule has 1 heterocycles. The maximum Gasteiger partial charge on any atom is 0.339 e. The lowest BCUT2D eigenvalue weighted by Crippen LogP contribution is -2.44. The Bertz CT molecular complexity index is 934. The van der Waals surface area contributed by atoms with Crippen molar-refractivity contribution in [1.82, 2.24) is 4.90 Å². The fraction of sp³-hybridized carbons (Fsp3) is 0.579. The number of sulfone groups is 1. The Labute approximate surface area is 170 Å². The van der Waals surface area contributed by atoms with Gasteiger partial charge in [-0.1, -0.05) is 26.8 Å². The number of hydrogen-bond acceptors (Lipinski definition) is 7. The third-order valence-corrected chi connectivity index (χ3v) is 6.72. The fourth-order valence-corrected chi connectivity index (χ4v) is 5.04. The van der Waals surface area contributed by atoms with Crippen LogP contribution in [-0.4, -0.2) is 60.8 Å². The zero-order valence-corrected chi connectivity index (χ0v) is 18.0. The topological polar surface area (TPSA) is 124 Å². The first-order valence-electron chi connectivity index (χ1n) is 9.20. The van der Waals surface area contributed by atoms with Crippen molar-refractivity contribution in [2.75, 3.05) is 18.6 Å². The first-order valence-corrected chi connectivity index (χ1v) is 11.0. The summed E-state index contributed by atoms with van der Waals surface area (Å²) in [7, 11) is -1.69. The van der Waals surface area contributed by atoms with Crippen LogP contribution in [0.1, 0.15) is 50.0 Å². The second-order valence-corrected chi connectivity index (χ2v) is 10.5. The van der Waals surface area contributed by atoms with Gasteiger partial charge < -0.3 is 9.64 Å². The quantitative estimate of drug-likeness (QED) is 0.401. The van der Waals surface area contributed by atoms with Gasteiger partial charge >= 0.3 is 5.97 Å². The number of nitro benzene ring substituents is 1. The molecule has 1 fully saturated rings. The van der Waals surface area contributed by atoms with Gasteiger partial charge in [-0.15, -0.1) is 0 Å². The van der Waals surface area contributed by atoms with Crippen LogP contribution in [0.2, 0.25) is 0 Å². The number of rotatable bonds is 5. The predicted octanol–water partition coefficient (Wildman–Crippen LogP) is 2.08. The van der Waals surface area contributed by atoms with Gasteiger partial charge in [0.1, 0.15) is 0 Å². The second-order valence-electron chi connectivity index (χ2n) is 8.29. The molecule has 0 aliphatic carbocycles. The molecule has 0 bridgehead atoms. The van der Waals surface area contributed by atoms with Gasteiger partial charge in [0.25, 0.3) is 11.6 Å². The van der Waals surface area contributed by atoms with Crippen LogP contribution in [0.15, 0.2) is 18.2 Å². The van der Waals surface area contributed by atoms with Gasteiger partial charge in [-0.3, -0.25) is 14.9 Å². The largest absolute Gasteiger partial charge is 0.449 e. The van der Waals surface area contributed by atoms with Gasteiger partial charge in [0.2, 0.25) is 0 Å². The summed E-state index contributed by atoms with van der Waals surface area (Å²) in [6, 6.07) is 3.63. The molecule has 2 rings (SSSR count). The summed E-state index contributed by atoms with van der Waals surface area (Å²) in [6.45, 7) is 6.87. The van der Waals surface area contributed by atoms with Crippen LogP contribution in [0.4, 0.5) is 5.69 Å². The lowest BCUT2D eigenvalue weighted by atomic mass is 9.85. The molecule has 29 heavy (non-hydrogen) atoms. The number of likely N-dealkylation sites (N-methyl/N-ethyl adjacent to an activating group) is 1. The summed E-state index contributed by atoms with van der Waals surface area (Å²) in [5, 5.41) is 11.4. The second kappa shape index (κ2) is 8.10. The minimum Gasteiger partial charge on any atom is -0.449 e. The third kappa shape index (κ3) is 5.31. The minimum absolute atomic E-state index is 0.0211. The van der Waals surface area contributed by atoms with Gasteiger partial charge in [-0.25, -0.2) is 13.2 Å². The van der Waals surface area contributed by atoms with E-state index in [1.54, 1.807) is 0 Å². The number of nitro groups is 1. The monoisotopic (exact) mass is 426 g/mol. The van der Waals surface area contributed by atoms with Gasteiger partial charge in [0, 0.05) is 24.7 Å². The van der Waals surface area contributed by atoms with E-state index in [0.29, 0.717) is 12.0 Å². The van der Waals surface area contributed by atoms with Crippen molar-refractivity contribution < 1.29 is 27.7 Å². The zero-order chi connectivity index (χ0) is 22.1. The number of benzene rings is 1. The summed E-state index contributed by atoms with van der Waals surface area (Å²) in [6.07, 6.45) is -0.816. The SMILES string of the molecule is CC(OC(=O)c1ccc(C(C)(C)C)c([N+](=O)[O-])c1)C(=O)N(C)C1CCS(=O)(=O)C1. The van der Waals surface area contributed by atoms with E-state index in [-0.39, 0.29) is 22.8 Å². The van der Waals surface area contributed by atoms with E-state index in [9.17, 15) is 28.1 Å². The normalized spacial score (nSPS) is 19.4. The van der Waals surface area contributed by atoms with Crippen LogP contribution in [-0.2, 0) is 24.8 Å². The van der Waals surface area contributed by atoms with Crippen molar-refractivity contribution in [1.29, 1.82) is 0 Å². The summed E-state index contributed by atoms with van der Waals surface area (Å²) in [5.74, 6) is -1.48. The highest BCUT2D eigenvalue weighted by Gasteiger charge is 2.35. The van der Waals surface area contributed by atoms with E-state index < -0.39 is 44.2 Å². The fourth-order valence-electron chi connectivity index (χ4n) is 3.27. The Morgan fingerprint density at radius 2 is 1.93 bits per heavy atom. The van der Waals surface area contributed by atoms with Crippen molar-refractivity contribution in [3.8, 4) is 0 Å². The van der Waals surface area contributed by atoms with Gasteiger partial charge in [0.05, 0.1) is 22.0 Å². The molecule has 0 radical (unpaired) electrons. The molecule has 0 saturated carbocycles. The van der Waals surface area contributed by atoms with E-state index in [1.807, 2.05) is 20.8 Å². The average molecular weight is 426 g/mol. The number of hydrogen-bond donors (Lipinski definition) is 0. The van der Waals surface area contributed by atoms with Gasteiger partial charge in [-0.2, -0.15) is 0 Å². The third-order valence-electron chi connectivity index (χ3n) is 4.97. The van der Waals surface area contributed by atoms with Crippen molar-refractivity contribution in [3.63, 3.8) is 0 Å². The van der Waals surface area contributed by atoms with Crippen molar-refractivity contribution in [3.05, 3.63) is 39.4 Å². The molecule has 0 spiro atoms. The zero-order valence-electron chi connectivity index (χ0n) is 17.2. The highest BCUT2D eigenvalue weighted by Crippen LogP contribution is 2.32. The molecule has 1 aromatic rings. The number of esters is 1. The van der Waals surface area contributed by atoms with Crippen molar-refractivity contribution in [2.24, 2.45) is 0 Å². The number of amides is 1. The molecule has 9 nitrogen and oxygen atoms in total. The first kappa shape index (κ1) is 22.8. The number of ether oxygens (including phenoxy) is 1. The standard InChI is InChI=1S/C19H26N2O7S/c1-12(17(22)20(5)14-8-9-29(26,27)11-14)28-18(23)13-6-7-15(19(2,3)4)16(10-13)21(24)25/h6-7,10,12,14H,8-9,11H2,1-5H3. The van der Waals surface area contributed by atoms with Crippen molar-refractivity contribution >= 4 is 27.4 Å². The van der Waals surface area contributed by atoms with E-state index >= 15 is 0 Å².